The van der Waals surface area contributed by atoms with Crippen molar-refractivity contribution >= 4 is 5.69 Å². The van der Waals surface area contributed by atoms with Crippen molar-refractivity contribution in [1.29, 1.82) is 0 Å². The van der Waals surface area contributed by atoms with Crippen LogP contribution >= 0.6 is 0 Å². The van der Waals surface area contributed by atoms with Crippen molar-refractivity contribution < 1.29 is 0 Å². The maximum atomic E-state index is 5.75. The molecule has 1 aromatic carbocycles. The molecule has 0 aromatic heterocycles. The van der Waals surface area contributed by atoms with Crippen molar-refractivity contribution in [2.24, 2.45) is 5.73 Å². The lowest BCUT2D eigenvalue weighted by Gasteiger charge is -2.07. The summed E-state index contributed by atoms with van der Waals surface area (Å²) in [7, 11) is 0. The quantitative estimate of drug-likeness (QED) is 0.262. The highest BCUT2D eigenvalue weighted by Gasteiger charge is 1.94. The first-order valence-corrected chi connectivity index (χ1v) is 8.49. The highest BCUT2D eigenvalue weighted by atomic mass is 14.9. The molecule has 5 nitrogen and oxygen atoms in total. The highest BCUT2D eigenvalue weighted by Crippen LogP contribution is 2.05. The molecular formula is C17H33N5. The smallest absolute Gasteiger partial charge is 0.0317 e. The van der Waals surface area contributed by atoms with E-state index in [0.717, 1.165) is 64.3 Å². The minimum absolute atomic E-state index is 0.778. The molecule has 0 fully saturated rings. The van der Waals surface area contributed by atoms with Gasteiger partial charge in [-0.05, 0) is 82.6 Å². The van der Waals surface area contributed by atoms with Crippen LogP contribution in [-0.2, 0) is 6.54 Å². The van der Waals surface area contributed by atoms with Crippen molar-refractivity contribution in [1.82, 2.24) is 16.0 Å². The normalized spacial score (nSPS) is 11.0. The van der Waals surface area contributed by atoms with Gasteiger partial charge in [0.1, 0.15) is 0 Å². The Kier molecular flexibility index (Phi) is 11.6. The van der Waals surface area contributed by atoms with Gasteiger partial charge in [0.25, 0.3) is 0 Å². The van der Waals surface area contributed by atoms with Crippen LogP contribution in [-0.4, -0.2) is 39.3 Å². The fourth-order valence-corrected chi connectivity index (χ4v) is 2.25. The van der Waals surface area contributed by atoms with E-state index in [9.17, 15) is 0 Å². The van der Waals surface area contributed by atoms with Gasteiger partial charge in [0, 0.05) is 12.2 Å². The van der Waals surface area contributed by atoms with Crippen LogP contribution < -0.4 is 27.4 Å². The van der Waals surface area contributed by atoms with E-state index in [-0.39, 0.29) is 0 Å². The molecule has 0 aliphatic heterocycles. The summed E-state index contributed by atoms with van der Waals surface area (Å²) in [5.74, 6) is 0. The molecule has 1 rings (SSSR count). The largest absolute Gasteiger partial charge is 0.399 e. The number of nitrogens with two attached hydrogens (primary N) is 2. The Hall–Kier alpha value is -1.14. The van der Waals surface area contributed by atoms with Crippen LogP contribution in [0.4, 0.5) is 5.69 Å². The molecule has 0 heterocycles. The molecule has 0 radical (unpaired) electrons. The summed E-state index contributed by atoms with van der Waals surface area (Å²) in [5.41, 5.74) is 13.3. The predicted molar refractivity (Wildman–Crippen MR) is 95.8 cm³/mol. The topological polar surface area (TPSA) is 88.1 Å². The monoisotopic (exact) mass is 307 g/mol. The SMILES string of the molecule is NCCCNCCCCNCCCNCc1cccc(N)c1. The molecule has 0 bridgehead atoms. The van der Waals surface area contributed by atoms with Crippen LogP contribution in [0.3, 0.4) is 0 Å². The van der Waals surface area contributed by atoms with Crippen molar-refractivity contribution in [2.45, 2.75) is 32.2 Å². The summed E-state index contributed by atoms with van der Waals surface area (Å²) < 4.78 is 0. The molecule has 7 N–H and O–H groups in total. The van der Waals surface area contributed by atoms with Crippen molar-refractivity contribution in [2.75, 3.05) is 45.0 Å². The van der Waals surface area contributed by atoms with Crippen LogP contribution in [0, 0.1) is 0 Å². The minimum atomic E-state index is 0.778. The van der Waals surface area contributed by atoms with Gasteiger partial charge in [-0.25, -0.2) is 0 Å². The van der Waals surface area contributed by atoms with Gasteiger partial charge in [0.2, 0.25) is 0 Å². The second-order valence-corrected chi connectivity index (χ2v) is 5.62. The van der Waals surface area contributed by atoms with Gasteiger partial charge in [-0.2, -0.15) is 0 Å². The molecule has 0 saturated carbocycles. The number of nitrogen functional groups attached to an aromatic ring is 1. The average Bonchev–Trinajstić information content (AvgIpc) is 2.52. The molecule has 22 heavy (non-hydrogen) atoms. The molecular weight excluding hydrogens is 274 g/mol. The average molecular weight is 307 g/mol. The Morgan fingerprint density at radius 3 is 2.09 bits per heavy atom. The molecule has 0 amide bonds. The molecule has 0 atom stereocenters. The van der Waals surface area contributed by atoms with Gasteiger partial charge >= 0.3 is 0 Å². The van der Waals surface area contributed by atoms with Crippen LogP contribution in [0.2, 0.25) is 0 Å². The third-order valence-corrected chi connectivity index (χ3v) is 3.50. The lowest BCUT2D eigenvalue weighted by atomic mass is 10.2. The number of benzene rings is 1. The Labute approximate surface area is 135 Å². The van der Waals surface area contributed by atoms with E-state index in [0.29, 0.717) is 0 Å². The third-order valence-electron chi connectivity index (χ3n) is 3.50. The summed E-state index contributed by atoms with van der Waals surface area (Å²) in [4.78, 5) is 0. The van der Waals surface area contributed by atoms with Crippen LogP contribution in [0.5, 0.6) is 0 Å². The zero-order chi connectivity index (χ0) is 15.9. The van der Waals surface area contributed by atoms with Gasteiger partial charge in [-0.15, -0.1) is 0 Å². The van der Waals surface area contributed by atoms with E-state index < -0.39 is 0 Å². The van der Waals surface area contributed by atoms with Crippen molar-refractivity contribution in [3.8, 4) is 0 Å². The second kappa shape index (κ2) is 13.5. The lowest BCUT2D eigenvalue weighted by Crippen LogP contribution is -2.24. The van der Waals surface area contributed by atoms with Crippen molar-refractivity contribution in [3.63, 3.8) is 0 Å². The number of hydrogen-bond acceptors (Lipinski definition) is 5. The van der Waals surface area contributed by atoms with Gasteiger partial charge < -0.3 is 27.4 Å². The van der Waals surface area contributed by atoms with E-state index in [1.165, 1.54) is 18.4 Å². The highest BCUT2D eigenvalue weighted by molar-refractivity contribution is 5.40. The maximum Gasteiger partial charge on any atom is 0.0317 e. The second-order valence-electron chi connectivity index (χ2n) is 5.62. The van der Waals surface area contributed by atoms with E-state index in [4.69, 9.17) is 11.5 Å². The Morgan fingerprint density at radius 1 is 0.773 bits per heavy atom. The summed E-state index contributed by atoms with van der Waals surface area (Å²) in [5, 5.41) is 10.3. The molecule has 5 heteroatoms. The number of anilines is 1. The van der Waals surface area contributed by atoms with Crippen LogP contribution in [0.1, 0.15) is 31.2 Å². The zero-order valence-electron chi connectivity index (χ0n) is 13.7. The molecule has 0 spiro atoms. The maximum absolute atomic E-state index is 5.75. The standard InChI is InChI=1S/C17H33N5/c18-8-4-11-20-9-1-2-10-21-12-5-13-22-15-16-6-3-7-17(19)14-16/h3,6-7,14,20-22H,1-2,4-5,8-13,15,18-19H2. The van der Waals surface area contributed by atoms with Crippen LogP contribution in [0.25, 0.3) is 0 Å². The molecule has 0 unspecified atom stereocenters. The van der Waals surface area contributed by atoms with Gasteiger partial charge in [0.05, 0.1) is 0 Å². The number of hydrogen-bond donors (Lipinski definition) is 5. The first kappa shape index (κ1) is 18.9. The Balaban J connectivity index is 1.80. The fourth-order valence-electron chi connectivity index (χ4n) is 2.25. The Bertz CT molecular complexity index is 370. The van der Waals surface area contributed by atoms with E-state index in [2.05, 4.69) is 22.0 Å². The van der Waals surface area contributed by atoms with E-state index >= 15 is 0 Å². The van der Waals surface area contributed by atoms with Crippen LogP contribution in [0.15, 0.2) is 24.3 Å². The van der Waals surface area contributed by atoms with Gasteiger partial charge in [0.15, 0.2) is 0 Å². The first-order chi connectivity index (χ1) is 10.8. The summed E-state index contributed by atoms with van der Waals surface area (Å²) in [6.45, 7) is 7.02. The third kappa shape index (κ3) is 10.6. The molecule has 0 aliphatic carbocycles. The zero-order valence-corrected chi connectivity index (χ0v) is 13.7. The Morgan fingerprint density at radius 2 is 1.41 bits per heavy atom. The number of unbranched alkanes of at least 4 members (excludes halogenated alkanes) is 1. The van der Waals surface area contributed by atoms with Gasteiger partial charge in [-0.3, -0.25) is 0 Å². The number of rotatable bonds is 14. The minimum Gasteiger partial charge on any atom is -0.399 e. The molecule has 0 aliphatic rings. The first-order valence-electron chi connectivity index (χ1n) is 8.49. The van der Waals surface area contributed by atoms with E-state index in [1.54, 1.807) is 0 Å². The van der Waals surface area contributed by atoms with E-state index in [1.807, 2.05) is 18.2 Å². The summed E-state index contributed by atoms with van der Waals surface area (Å²) in [6.07, 6.45) is 4.68. The number of nitrogens with one attached hydrogen (secondary N) is 3. The lowest BCUT2D eigenvalue weighted by molar-refractivity contribution is 0.556. The van der Waals surface area contributed by atoms with Crippen molar-refractivity contribution in [3.05, 3.63) is 29.8 Å². The molecule has 0 saturated heterocycles. The summed E-state index contributed by atoms with van der Waals surface area (Å²) >= 11 is 0. The van der Waals surface area contributed by atoms with Gasteiger partial charge in [-0.1, -0.05) is 12.1 Å². The molecule has 1 aromatic rings. The fraction of sp³-hybridized carbons (Fsp3) is 0.647. The molecule has 126 valence electrons. The summed E-state index contributed by atoms with van der Waals surface area (Å²) in [6, 6.07) is 8.04. The predicted octanol–water partition coefficient (Wildman–Crippen LogP) is 1.06.